The molecular weight excluding hydrogens is 260 g/mol. The Hall–Kier alpha value is -1.16. The van der Waals surface area contributed by atoms with Crippen LogP contribution in [0, 0.1) is 0 Å². The van der Waals surface area contributed by atoms with Gasteiger partial charge in [-0.2, -0.15) is 0 Å². The fraction of sp³-hybridized carbons (Fsp3) is 0.273. The summed E-state index contributed by atoms with van der Waals surface area (Å²) in [6, 6.07) is 8.83. The zero-order chi connectivity index (χ0) is 11.3. The molecule has 1 rings (SSSR count). The SMILES string of the molecule is COC(=O)CC(Br)C(=O)c1ccccc1. The number of methoxy groups -OCH3 is 1. The van der Waals surface area contributed by atoms with Crippen LogP contribution in [-0.4, -0.2) is 23.7 Å². The van der Waals surface area contributed by atoms with Gasteiger partial charge in [0.2, 0.25) is 0 Å². The van der Waals surface area contributed by atoms with Crippen LogP contribution in [0.15, 0.2) is 30.3 Å². The number of carbonyl (C=O) groups is 2. The van der Waals surface area contributed by atoms with Crippen molar-refractivity contribution in [1.29, 1.82) is 0 Å². The molecule has 0 aliphatic rings. The molecule has 0 heterocycles. The molecule has 0 bridgehead atoms. The molecule has 0 aromatic heterocycles. The van der Waals surface area contributed by atoms with E-state index in [0.29, 0.717) is 5.56 Å². The van der Waals surface area contributed by atoms with Gasteiger partial charge >= 0.3 is 5.97 Å². The molecule has 1 aromatic carbocycles. The van der Waals surface area contributed by atoms with Crippen LogP contribution < -0.4 is 0 Å². The quantitative estimate of drug-likeness (QED) is 0.479. The average molecular weight is 271 g/mol. The largest absolute Gasteiger partial charge is 0.469 e. The summed E-state index contributed by atoms with van der Waals surface area (Å²) in [7, 11) is 1.30. The molecule has 3 nitrogen and oxygen atoms in total. The van der Waals surface area contributed by atoms with Crippen LogP contribution >= 0.6 is 15.9 Å². The van der Waals surface area contributed by atoms with Crippen molar-refractivity contribution in [2.45, 2.75) is 11.2 Å². The van der Waals surface area contributed by atoms with E-state index in [2.05, 4.69) is 20.7 Å². The van der Waals surface area contributed by atoms with Gasteiger partial charge in [0.25, 0.3) is 0 Å². The van der Waals surface area contributed by atoms with Crippen molar-refractivity contribution >= 4 is 27.7 Å². The highest BCUT2D eigenvalue weighted by molar-refractivity contribution is 9.10. The summed E-state index contributed by atoms with van der Waals surface area (Å²) in [5.41, 5.74) is 0.586. The molecule has 4 heteroatoms. The average Bonchev–Trinajstić information content (AvgIpc) is 2.29. The summed E-state index contributed by atoms with van der Waals surface area (Å²) < 4.78 is 4.49. The van der Waals surface area contributed by atoms with E-state index >= 15 is 0 Å². The number of alkyl halides is 1. The second kappa shape index (κ2) is 5.66. The molecule has 80 valence electrons. The predicted octanol–water partition coefficient (Wildman–Crippen LogP) is 2.20. The number of ketones is 1. The van der Waals surface area contributed by atoms with Gasteiger partial charge in [0.05, 0.1) is 18.4 Å². The van der Waals surface area contributed by atoms with Crippen molar-refractivity contribution in [2.24, 2.45) is 0 Å². The normalized spacial score (nSPS) is 11.9. The van der Waals surface area contributed by atoms with E-state index in [1.165, 1.54) is 7.11 Å². The lowest BCUT2D eigenvalue weighted by molar-refractivity contribution is -0.140. The summed E-state index contributed by atoms with van der Waals surface area (Å²) in [4.78, 5) is 22.2. The second-order valence-electron chi connectivity index (χ2n) is 2.98. The molecule has 0 aliphatic carbocycles. The summed E-state index contributed by atoms with van der Waals surface area (Å²) in [6.45, 7) is 0. The summed E-state index contributed by atoms with van der Waals surface area (Å²) in [6.07, 6.45) is 0.0459. The maximum Gasteiger partial charge on any atom is 0.307 e. The number of Topliss-reactive ketones (excluding diaryl/α,β-unsaturated/α-hetero) is 1. The van der Waals surface area contributed by atoms with Crippen LogP contribution in [0.1, 0.15) is 16.8 Å². The molecule has 1 unspecified atom stereocenters. The smallest absolute Gasteiger partial charge is 0.307 e. The molecule has 15 heavy (non-hydrogen) atoms. The first-order valence-electron chi connectivity index (χ1n) is 4.45. The molecule has 0 saturated heterocycles. The summed E-state index contributed by atoms with van der Waals surface area (Å²) in [5.74, 6) is -0.512. The second-order valence-corrected chi connectivity index (χ2v) is 4.08. The molecule has 1 atom stereocenters. The van der Waals surface area contributed by atoms with Crippen molar-refractivity contribution in [2.75, 3.05) is 7.11 Å². The van der Waals surface area contributed by atoms with Crippen LogP contribution in [0.25, 0.3) is 0 Å². The van der Waals surface area contributed by atoms with Crippen LogP contribution in [0.3, 0.4) is 0 Å². The third-order valence-electron chi connectivity index (χ3n) is 1.92. The Morgan fingerprint density at radius 1 is 1.33 bits per heavy atom. The lowest BCUT2D eigenvalue weighted by Gasteiger charge is -2.06. The number of esters is 1. The fourth-order valence-electron chi connectivity index (χ4n) is 1.11. The van der Waals surface area contributed by atoms with E-state index in [1.807, 2.05) is 6.07 Å². The molecule has 1 aromatic rings. The minimum absolute atomic E-state index is 0.0459. The van der Waals surface area contributed by atoms with Crippen molar-refractivity contribution in [3.05, 3.63) is 35.9 Å². The number of ether oxygens (including phenoxy) is 1. The highest BCUT2D eigenvalue weighted by Gasteiger charge is 2.20. The van der Waals surface area contributed by atoms with Crippen LogP contribution in [0.4, 0.5) is 0 Å². The highest BCUT2D eigenvalue weighted by Crippen LogP contribution is 2.13. The molecule has 0 amide bonds. The number of rotatable bonds is 4. The first-order chi connectivity index (χ1) is 7.15. The van der Waals surface area contributed by atoms with E-state index in [-0.39, 0.29) is 12.2 Å². The van der Waals surface area contributed by atoms with Crippen LogP contribution in [0.5, 0.6) is 0 Å². The Bertz CT molecular complexity index is 348. The van der Waals surface area contributed by atoms with Gasteiger partial charge in [0, 0.05) is 5.56 Å². The Kier molecular flexibility index (Phi) is 4.49. The van der Waals surface area contributed by atoms with Crippen molar-refractivity contribution in [3.8, 4) is 0 Å². The van der Waals surface area contributed by atoms with Gasteiger partial charge in [-0.15, -0.1) is 0 Å². The Balaban J connectivity index is 2.65. The lowest BCUT2D eigenvalue weighted by Crippen LogP contribution is -2.19. The molecule has 0 aliphatic heterocycles. The molecule has 0 spiro atoms. The van der Waals surface area contributed by atoms with Gasteiger partial charge in [-0.1, -0.05) is 46.3 Å². The summed E-state index contributed by atoms with van der Waals surface area (Å²) in [5, 5.41) is 0. The number of halogens is 1. The van der Waals surface area contributed by atoms with Crippen molar-refractivity contribution in [3.63, 3.8) is 0 Å². The van der Waals surface area contributed by atoms with E-state index in [0.717, 1.165) is 0 Å². The predicted molar refractivity (Wildman–Crippen MR) is 60.1 cm³/mol. The van der Waals surface area contributed by atoms with Gasteiger partial charge in [0.15, 0.2) is 5.78 Å². The van der Waals surface area contributed by atoms with E-state index < -0.39 is 10.8 Å². The molecular formula is C11H11BrO3. The number of benzene rings is 1. The molecule has 0 N–H and O–H groups in total. The zero-order valence-electron chi connectivity index (χ0n) is 8.27. The topological polar surface area (TPSA) is 43.4 Å². The van der Waals surface area contributed by atoms with Crippen molar-refractivity contribution < 1.29 is 14.3 Å². The van der Waals surface area contributed by atoms with Gasteiger partial charge in [-0.05, 0) is 0 Å². The van der Waals surface area contributed by atoms with Gasteiger partial charge in [0.1, 0.15) is 0 Å². The Morgan fingerprint density at radius 2 is 1.93 bits per heavy atom. The highest BCUT2D eigenvalue weighted by atomic mass is 79.9. The number of carbonyl (C=O) groups excluding carboxylic acids is 2. The number of hydrogen-bond donors (Lipinski definition) is 0. The minimum atomic E-state index is -0.521. The zero-order valence-corrected chi connectivity index (χ0v) is 9.86. The van der Waals surface area contributed by atoms with Gasteiger partial charge in [-0.25, -0.2) is 0 Å². The Morgan fingerprint density at radius 3 is 2.47 bits per heavy atom. The van der Waals surface area contributed by atoms with E-state index in [4.69, 9.17) is 0 Å². The monoisotopic (exact) mass is 270 g/mol. The minimum Gasteiger partial charge on any atom is -0.469 e. The first kappa shape index (κ1) is 11.9. The number of hydrogen-bond acceptors (Lipinski definition) is 3. The maximum absolute atomic E-state index is 11.7. The van der Waals surface area contributed by atoms with E-state index in [1.54, 1.807) is 24.3 Å². The third kappa shape index (κ3) is 3.47. The standard InChI is InChI=1S/C11H11BrO3/c1-15-10(13)7-9(12)11(14)8-5-3-2-4-6-8/h2-6,9H,7H2,1H3. The van der Waals surface area contributed by atoms with Gasteiger partial charge < -0.3 is 4.74 Å². The Labute approximate surface area is 96.6 Å². The molecule has 0 radical (unpaired) electrons. The third-order valence-corrected chi connectivity index (χ3v) is 2.66. The molecule has 0 saturated carbocycles. The van der Waals surface area contributed by atoms with Crippen LogP contribution in [-0.2, 0) is 9.53 Å². The molecule has 0 fully saturated rings. The van der Waals surface area contributed by atoms with E-state index in [9.17, 15) is 9.59 Å². The lowest BCUT2D eigenvalue weighted by atomic mass is 10.1. The maximum atomic E-state index is 11.7. The fourth-order valence-corrected chi connectivity index (χ4v) is 1.63. The van der Waals surface area contributed by atoms with Gasteiger partial charge in [-0.3, -0.25) is 9.59 Å². The summed E-state index contributed by atoms with van der Waals surface area (Å²) >= 11 is 3.17. The van der Waals surface area contributed by atoms with Crippen molar-refractivity contribution in [1.82, 2.24) is 0 Å². The van der Waals surface area contributed by atoms with Crippen LogP contribution in [0.2, 0.25) is 0 Å². The first-order valence-corrected chi connectivity index (χ1v) is 5.37.